The molecule has 0 aliphatic carbocycles. The standard InChI is InChI=1S/C10H13BrN4O2S2/c1-3-7-4-5-18-8(7)6-12-19(16,17)10-9(11)13-14-15(10)2/h4-5,12H,3,6H2,1-2H3. The molecule has 0 atom stereocenters. The van der Waals surface area contributed by atoms with Crippen LogP contribution in [-0.4, -0.2) is 23.4 Å². The second-order valence-corrected chi connectivity index (χ2v) is 7.29. The van der Waals surface area contributed by atoms with E-state index in [1.165, 1.54) is 11.7 Å². The summed E-state index contributed by atoms with van der Waals surface area (Å²) in [6.45, 7) is 2.32. The third kappa shape index (κ3) is 3.04. The van der Waals surface area contributed by atoms with Crippen molar-refractivity contribution in [1.29, 1.82) is 0 Å². The number of thiophene rings is 1. The Morgan fingerprint density at radius 1 is 1.53 bits per heavy atom. The number of hydrogen-bond donors (Lipinski definition) is 1. The molecule has 0 fully saturated rings. The maximum Gasteiger partial charge on any atom is 0.260 e. The second-order valence-electron chi connectivity index (χ2n) is 3.86. The first kappa shape index (κ1) is 14.6. The molecule has 0 aliphatic rings. The summed E-state index contributed by atoms with van der Waals surface area (Å²) >= 11 is 4.63. The van der Waals surface area contributed by atoms with Gasteiger partial charge in [-0.3, -0.25) is 0 Å². The Hall–Kier alpha value is -0.770. The molecule has 0 saturated heterocycles. The fourth-order valence-corrected chi connectivity index (χ4v) is 4.77. The number of halogens is 1. The van der Waals surface area contributed by atoms with Crippen molar-refractivity contribution in [2.45, 2.75) is 24.9 Å². The molecule has 6 nitrogen and oxygen atoms in total. The number of sulfonamides is 1. The van der Waals surface area contributed by atoms with Crippen LogP contribution in [0.15, 0.2) is 21.1 Å². The Bertz CT molecular complexity index is 658. The third-order valence-electron chi connectivity index (χ3n) is 2.63. The van der Waals surface area contributed by atoms with Crippen molar-refractivity contribution in [1.82, 2.24) is 19.7 Å². The number of hydrogen-bond acceptors (Lipinski definition) is 5. The van der Waals surface area contributed by atoms with E-state index in [0.717, 1.165) is 16.9 Å². The lowest BCUT2D eigenvalue weighted by atomic mass is 10.2. The first-order valence-electron chi connectivity index (χ1n) is 5.55. The molecule has 0 aliphatic heterocycles. The summed E-state index contributed by atoms with van der Waals surface area (Å²) in [6.07, 6.45) is 0.886. The Kier molecular flexibility index (Phi) is 4.39. The van der Waals surface area contributed by atoms with Crippen LogP contribution in [0, 0.1) is 0 Å². The van der Waals surface area contributed by atoms with Crippen LogP contribution < -0.4 is 4.72 Å². The maximum atomic E-state index is 12.2. The SMILES string of the molecule is CCc1ccsc1CNS(=O)(=O)c1c(Br)nnn1C. The van der Waals surface area contributed by atoms with E-state index in [1.807, 2.05) is 18.4 Å². The number of nitrogens with one attached hydrogen (secondary N) is 1. The van der Waals surface area contributed by atoms with Gasteiger partial charge in [0, 0.05) is 18.5 Å². The van der Waals surface area contributed by atoms with Gasteiger partial charge in [-0.2, -0.15) is 0 Å². The molecule has 0 amide bonds. The summed E-state index contributed by atoms with van der Waals surface area (Å²) in [5.74, 6) is 0. The first-order chi connectivity index (χ1) is 8.95. The minimum Gasteiger partial charge on any atom is -0.235 e. The second kappa shape index (κ2) is 5.70. The predicted octanol–water partition coefficient (Wildman–Crippen LogP) is 1.68. The molecular formula is C10H13BrN4O2S2. The smallest absolute Gasteiger partial charge is 0.235 e. The van der Waals surface area contributed by atoms with E-state index in [0.29, 0.717) is 0 Å². The van der Waals surface area contributed by atoms with Gasteiger partial charge in [-0.1, -0.05) is 12.1 Å². The van der Waals surface area contributed by atoms with E-state index < -0.39 is 10.0 Å². The molecule has 2 aromatic heterocycles. The van der Waals surface area contributed by atoms with E-state index in [1.54, 1.807) is 11.3 Å². The number of aromatic nitrogens is 3. The molecule has 0 radical (unpaired) electrons. The van der Waals surface area contributed by atoms with Gasteiger partial charge in [0.05, 0.1) is 0 Å². The minimum absolute atomic E-state index is 0.0297. The van der Waals surface area contributed by atoms with Crippen LogP contribution in [0.3, 0.4) is 0 Å². The highest BCUT2D eigenvalue weighted by atomic mass is 79.9. The van der Waals surface area contributed by atoms with E-state index in [9.17, 15) is 8.42 Å². The van der Waals surface area contributed by atoms with Crippen molar-refractivity contribution in [3.8, 4) is 0 Å². The zero-order valence-electron chi connectivity index (χ0n) is 10.4. The van der Waals surface area contributed by atoms with Gasteiger partial charge in [0.2, 0.25) is 5.03 Å². The molecule has 2 aromatic rings. The normalized spacial score (nSPS) is 11.9. The van der Waals surface area contributed by atoms with E-state index in [2.05, 4.69) is 31.0 Å². The van der Waals surface area contributed by atoms with Crippen LogP contribution in [0.25, 0.3) is 0 Å². The van der Waals surface area contributed by atoms with Crippen molar-refractivity contribution in [3.05, 3.63) is 26.5 Å². The molecule has 19 heavy (non-hydrogen) atoms. The lowest BCUT2D eigenvalue weighted by Gasteiger charge is -2.06. The largest absolute Gasteiger partial charge is 0.260 e. The average Bonchev–Trinajstić information content (AvgIpc) is 2.93. The van der Waals surface area contributed by atoms with E-state index >= 15 is 0 Å². The maximum absolute atomic E-state index is 12.2. The fourth-order valence-electron chi connectivity index (χ4n) is 1.67. The molecule has 2 heterocycles. The van der Waals surface area contributed by atoms with Gasteiger partial charge in [-0.05, 0) is 39.4 Å². The van der Waals surface area contributed by atoms with Crippen molar-refractivity contribution < 1.29 is 8.42 Å². The van der Waals surface area contributed by atoms with E-state index in [-0.39, 0.29) is 16.2 Å². The van der Waals surface area contributed by atoms with Crippen LogP contribution in [0.1, 0.15) is 17.4 Å². The van der Waals surface area contributed by atoms with Crippen LogP contribution in [0.2, 0.25) is 0 Å². The number of nitrogens with zero attached hydrogens (tertiary/aromatic N) is 3. The summed E-state index contributed by atoms with van der Waals surface area (Å²) in [5, 5.41) is 9.33. The van der Waals surface area contributed by atoms with Crippen molar-refractivity contribution in [2.75, 3.05) is 0 Å². The highest BCUT2D eigenvalue weighted by molar-refractivity contribution is 9.10. The van der Waals surface area contributed by atoms with Crippen molar-refractivity contribution in [3.63, 3.8) is 0 Å². The summed E-state index contributed by atoms with van der Waals surface area (Å²) in [7, 11) is -2.09. The molecule has 104 valence electrons. The van der Waals surface area contributed by atoms with Gasteiger partial charge in [0.25, 0.3) is 10.0 Å². The average molecular weight is 365 g/mol. The predicted molar refractivity (Wildman–Crippen MR) is 76.4 cm³/mol. The Labute approximate surface area is 124 Å². The molecule has 0 unspecified atom stereocenters. The first-order valence-corrected chi connectivity index (χ1v) is 8.71. The van der Waals surface area contributed by atoms with Crippen LogP contribution in [0.4, 0.5) is 0 Å². The number of rotatable bonds is 5. The zero-order valence-corrected chi connectivity index (χ0v) is 13.6. The van der Waals surface area contributed by atoms with Gasteiger partial charge >= 0.3 is 0 Å². The molecule has 0 aromatic carbocycles. The molecular weight excluding hydrogens is 352 g/mol. The van der Waals surface area contributed by atoms with Crippen LogP contribution in [0.5, 0.6) is 0 Å². The van der Waals surface area contributed by atoms with Crippen molar-refractivity contribution in [2.24, 2.45) is 7.05 Å². The Morgan fingerprint density at radius 2 is 2.26 bits per heavy atom. The molecule has 0 spiro atoms. The highest BCUT2D eigenvalue weighted by Gasteiger charge is 2.23. The van der Waals surface area contributed by atoms with Gasteiger partial charge in [0.1, 0.15) is 0 Å². The van der Waals surface area contributed by atoms with E-state index in [4.69, 9.17) is 0 Å². The molecule has 2 rings (SSSR count). The quantitative estimate of drug-likeness (QED) is 0.875. The summed E-state index contributed by atoms with van der Waals surface area (Å²) < 4.78 is 28.4. The summed E-state index contributed by atoms with van der Waals surface area (Å²) in [5.41, 5.74) is 1.16. The van der Waals surface area contributed by atoms with Crippen molar-refractivity contribution >= 4 is 37.3 Å². The molecule has 1 N–H and O–H groups in total. The van der Waals surface area contributed by atoms with Gasteiger partial charge in [0.15, 0.2) is 4.60 Å². The summed E-state index contributed by atoms with van der Waals surface area (Å²) in [4.78, 5) is 1.03. The topological polar surface area (TPSA) is 76.9 Å². The monoisotopic (exact) mass is 364 g/mol. The Morgan fingerprint density at radius 3 is 2.84 bits per heavy atom. The zero-order chi connectivity index (χ0) is 14.0. The van der Waals surface area contributed by atoms with Gasteiger partial charge in [-0.15, -0.1) is 16.4 Å². The highest BCUT2D eigenvalue weighted by Crippen LogP contribution is 2.20. The molecule has 0 saturated carbocycles. The number of aryl methyl sites for hydroxylation is 2. The third-order valence-corrected chi connectivity index (χ3v) is 5.88. The Balaban J connectivity index is 2.19. The van der Waals surface area contributed by atoms with Gasteiger partial charge < -0.3 is 0 Å². The van der Waals surface area contributed by atoms with Crippen LogP contribution >= 0.6 is 27.3 Å². The molecule has 9 heteroatoms. The van der Waals surface area contributed by atoms with Crippen LogP contribution in [-0.2, 0) is 30.0 Å². The minimum atomic E-state index is -3.63. The lowest BCUT2D eigenvalue weighted by Crippen LogP contribution is -2.25. The fraction of sp³-hybridized carbons (Fsp3) is 0.400. The van der Waals surface area contributed by atoms with Gasteiger partial charge in [-0.25, -0.2) is 17.8 Å². The lowest BCUT2D eigenvalue weighted by molar-refractivity contribution is 0.560. The summed E-state index contributed by atoms with van der Waals surface area (Å²) in [6, 6.07) is 2.01. The molecule has 0 bridgehead atoms.